The molecule has 5 nitrogen and oxygen atoms in total. The SMILES string of the molecule is CN(C)c1cc(-c2cc3cc(Br)ccc3n2C(=O)OC(C)(C)C)ccn1. The van der Waals surface area contributed by atoms with Crippen molar-refractivity contribution < 1.29 is 9.53 Å². The van der Waals surface area contributed by atoms with Crippen LogP contribution >= 0.6 is 15.9 Å². The molecule has 0 atom stereocenters. The van der Waals surface area contributed by atoms with Crippen LogP contribution in [0.3, 0.4) is 0 Å². The van der Waals surface area contributed by atoms with Crippen LogP contribution in [0.2, 0.25) is 0 Å². The van der Waals surface area contributed by atoms with E-state index in [2.05, 4.69) is 20.9 Å². The minimum Gasteiger partial charge on any atom is -0.443 e. The van der Waals surface area contributed by atoms with E-state index >= 15 is 0 Å². The summed E-state index contributed by atoms with van der Waals surface area (Å²) in [6, 6.07) is 11.7. The highest BCUT2D eigenvalue weighted by Crippen LogP contribution is 2.32. The van der Waals surface area contributed by atoms with E-state index in [0.29, 0.717) is 0 Å². The van der Waals surface area contributed by atoms with Crippen LogP contribution in [0.15, 0.2) is 47.1 Å². The summed E-state index contributed by atoms with van der Waals surface area (Å²) in [5, 5.41) is 0.962. The van der Waals surface area contributed by atoms with Gasteiger partial charge in [0.2, 0.25) is 0 Å². The molecule has 0 bridgehead atoms. The van der Waals surface area contributed by atoms with E-state index in [1.54, 1.807) is 10.8 Å². The molecule has 0 aliphatic rings. The first-order chi connectivity index (χ1) is 12.2. The molecule has 2 heterocycles. The Morgan fingerprint density at radius 3 is 2.54 bits per heavy atom. The third-order valence-corrected chi connectivity index (χ3v) is 4.33. The number of ether oxygens (including phenoxy) is 1. The third-order valence-electron chi connectivity index (χ3n) is 3.84. The Kier molecular flexibility index (Phi) is 4.80. The van der Waals surface area contributed by atoms with Crippen molar-refractivity contribution in [3.63, 3.8) is 0 Å². The zero-order valence-corrected chi connectivity index (χ0v) is 17.2. The maximum atomic E-state index is 12.9. The molecule has 1 aromatic carbocycles. The normalized spacial score (nSPS) is 11.6. The number of hydrogen-bond acceptors (Lipinski definition) is 4. The van der Waals surface area contributed by atoms with E-state index in [4.69, 9.17) is 4.74 Å². The molecule has 136 valence electrons. The van der Waals surface area contributed by atoms with Crippen molar-refractivity contribution in [3.8, 4) is 11.3 Å². The third kappa shape index (κ3) is 3.75. The lowest BCUT2D eigenvalue weighted by Crippen LogP contribution is -2.27. The largest absolute Gasteiger partial charge is 0.443 e. The fourth-order valence-electron chi connectivity index (χ4n) is 2.73. The van der Waals surface area contributed by atoms with Gasteiger partial charge in [0.25, 0.3) is 0 Å². The molecule has 0 saturated heterocycles. The van der Waals surface area contributed by atoms with Gasteiger partial charge in [0.15, 0.2) is 0 Å². The molecule has 3 rings (SSSR count). The number of rotatable bonds is 2. The Bertz CT molecular complexity index is 971. The van der Waals surface area contributed by atoms with Gasteiger partial charge >= 0.3 is 6.09 Å². The van der Waals surface area contributed by atoms with Gasteiger partial charge in [-0.3, -0.25) is 0 Å². The number of aromatic nitrogens is 2. The van der Waals surface area contributed by atoms with Crippen LogP contribution in [-0.2, 0) is 4.74 Å². The highest BCUT2D eigenvalue weighted by molar-refractivity contribution is 9.10. The number of hydrogen-bond donors (Lipinski definition) is 0. The minimum absolute atomic E-state index is 0.395. The molecule has 0 aliphatic heterocycles. The van der Waals surface area contributed by atoms with Crippen LogP contribution in [0.4, 0.5) is 10.6 Å². The maximum Gasteiger partial charge on any atom is 0.419 e. The van der Waals surface area contributed by atoms with Gasteiger partial charge in [0.1, 0.15) is 11.4 Å². The fourth-order valence-corrected chi connectivity index (χ4v) is 3.10. The van der Waals surface area contributed by atoms with E-state index < -0.39 is 11.7 Å². The lowest BCUT2D eigenvalue weighted by atomic mass is 10.2. The first kappa shape index (κ1) is 18.5. The lowest BCUT2D eigenvalue weighted by molar-refractivity contribution is 0.0547. The number of anilines is 1. The molecular formula is C20H22BrN3O2. The van der Waals surface area contributed by atoms with E-state index in [1.165, 1.54) is 0 Å². The Hall–Kier alpha value is -2.34. The quantitative estimate of drug-likeness (QED) is 0.568. The zero-order chi connectivity index (χ0) is 19.1. The monoisotopic (exact) mass is 415 g/mol. The Labute approximate surface area is 161 Å². The number of carbonyl (C=O) groups excluding carboxylic acids is 1. The van der Waals surface area contributed by atoms with Crippen molar-refractivity contribution in [2.75, 3.05) is 19.0 Å². The van der Waals surface area contributed by atoms with Crippen LogP contribution in [0.5, 0.6) is 0 Å². The van der Waals surface area contributed by atoms with Crippen molar-refractivity contribution in [2.24, 2.45) is 0 Å². The molecule has 0 fully saturated rings. The van der Waals surface area contributed by atoms with Gasteiger partial charge in [-0.2, -0.15) is 0 Å². The van der Waals surface area contributed by atoms with Gasteiger partial charge < -0.3 is 9.64 Å². The second-order valence-electron chi connectivity index (χ2n) is 7.35. The summed E-state index contributed by atoms with van der Waals surface area (Å²) in [6.07, 6.45) is 1.35. The predicted octanol–water partition coefficient (Wildman–Crippen LogP) is 5.32. The average molecular weight is 416 g/mol. The number of nitrogens with zero attached hydrogens (tertiary/aromatic N) is 3. The number of benzene rings is 1. The molecule has 0 unspecified atom stereocenters. The van der Waals surface area contributed by atoms with Gasteiger partial charge in [-0.05, 0) is 57.2 Å². The van der Waals surface area contributed by atoms with Crippen molar-refractivity contribution in [2.45, 2.75) is 26.4 Å². The summed E-state index contributed by atoms with van der Waals surface area (Å²) >= 11 is 3.50. The highest BCUT2D eigenvalue weighted by atomic mass is 79.9. The van der Waals surface area contributed by atoms with Crippen LogP contribution in [0.25, 0.3) is 22.2 Å². The maximum absolute atomic E-state index is 12.9. The summed E-state index contributed by atoms with van der Waals surface area (Å²) in [5.74, 6) is 0.824. The molecule has 0 aliphatic carbocycles. The Morgan fingerprint density at radius 1 is 1.15 bits per heavy atom. The first-order valence-electron chi connectivity index (χ1n) is 8.34. The van der Waals surface area contributed by atoms with Crippen LogP contribution in [0, 0.1) is 0 Å². The summed E-state index contributed by atoms with van der Waals surface area (Å²) in [4.78, 5) is 19.2. The van der Waals surface area contributed by atoms with Crippen molar-refractivity contribution in [3.05, 3.63) is 47.1 Å². The van der Waals surface area contributed by atoms with Gasteiger partial charge in [-0.15, -0.1) is 0 Å². The molecule has 2 aromatic heterocycles. The van der Waals surface area contributed by atoms with E-state index in [1.807, 2.05) is 76.2 Å². The standard InChI is InChI=1S/C20H22BrN3O2/c1-20(2,3)26-19(25)24-16-7-6-15(21)10-14(16)11-17(24)13-8-9-22-18(12-13)23(4)5/h6-12H,1-5H3. The second kappa shape index (κ2) is 6.76. The van der Waals surface area contributed by atoms with Crippen molar-refractivity contribution >= 4 is 38.7 Å². The Morgan fingerprint density at radius 2 is 1.88 bits per heavy atom. The molecule has 0 saturated carbocycles. The Balaban J connectivity index is 2.22. The molecule has 0 radical (unpaired) electrons. The van der Waals surface area contributed by atoms with Gasteiger partial charge in [-0.25, -0.2) is 14.3 Å². The predicted molar refractivity (Wildman–Crippen MR) is 109 cm³/mol. The zero-order valence-electron chi connectivity index (χ0n) is 15.6. The molecule has 0 amide bonds. The highest BCUT2D eigenvalue weighted by Gasteiger charge is 2.23. The van der Waals surface area contributed by atoms with Gasteiger partial charge in [0.05, 0.1) is 11.2 Å². The molecule has 0 spiro atoms. The van der Waals surface area contributed by atoms with Gasteiger partial charge in [0, 0.05) is 35.7 Å². The van der Waals surface area contributed by atoms with Crippen molar-refractivity contribution in [1.82, 2.24) is 9.55 Å². The number of fused-ring (bicyclic) bond motifs is 1. The number of carbonyl (C=O) groups is 1. The molecule has 6 heteroatoms. The summed E-state index contributed by atoms with van der Waals surface area (Å²) in [7, 11) is 3.87. The fraction of sp³-hybridized carbons (Fsp3) is 0.300. The second-order valence-corrected chi connectivity index (χ2v) is 8.26. The minimum atomic E-state index is -0.576. The number of pyridine rings is 1. The van der Waals surface area contributed by atoms with E-state index in [-0.39, 0.29) is 0 Å². The van der Waals surface area contributed by atoms with Crippen molar-refractivity contribution in [1.29, 1.82) is 0 Å². The molecular weight excluding hydrogens is 394 g/mol. The topological polar surface area (TPSA) is 47.4 Å². The summed E-state index contributed by atoms with van der Waals surface area (Å²) in [5.41, 5.74) is 1.91. The van der Waals surface area contributed by atoms with Crippen LogP contribution < -0.4 is 4.90 Å². The lowest BCUT2D eigenvalue weighted by Gasteiger charge is -2.21. The van der Waals surface area contributed by atoms with E-state index in [0.717, 1.165) is 32.5 Å². The summed E-state index contributed by atoms with van der Waals surface area (Å²) in [6.45, 7) is 5.59. The number of halogens is 1. The van der Waals surface area contributed by atoms with Crippen LogP contribution in [0.1, 0.15) is 20.8 Å². The summed E-state index contributed by atoms with van der Waals surface area (Å²) < 4.78 is 8.23. The smallest absolute Gasteiger partial charge is 0.419 e. The van der Waals surface area contributed by atoms with Gasteiger partial charge in [-0.1, -0.05) is 15.9 Å². The molecule has 0 N–H and O–H groups in total. The van der Waals surface area contributed by atoms with Crippen LogP contribution in [-0.4, -0.2) is 35.3 Å². The first-order valence-corrected chi connectivity index (χ1v) is 9.13. The molecule has 3 aromatic rings. The average Bonchev–Trinajstić information content (AvgIpc) is 2.92. The molecule has 26 heavy (non-hydrogen) atoms. The van der Waals surface area contributed by atoms with E-state index in [9.17, 15) is 4.79 Å².